The molecule has 0 saturated carbocycles. The molecule has 0 fully saturated rings. The number of ether oxygens (including phenoxy) is 1. The highest BCUT2D eigenvalue weighted by Gasteiger charge is 2.15. The molecule has 1 rings (SSSR count). The third-order valence-electron chi connectivity index (χ3n) is 2.92. The van der Waals surface area contributed by atoms with Crippen molar-refractivity contribution in [3.8, 4) is 5.75 Å². The Morgan fingerprint density at radius 1 is 1.39 bits per heavy atom. The monoisotopic (exact) mass is 269 g/mol. The summed E-state index contributed by atoms with van der Waals surface area (Å²) >= 11 is 5.78. The first-order valence-electron chi connectivity index (χ1n) is 6.18. The van der Waals surface area contributed by atoms with E-state index in [1.54, 1.807) is 24.1 Å². The SMILES string of the molecule is CCC(C)C(=O)N(C)CCOc1ccc(Cl)cc1. The molecule has 0 radical (unpaired) electrons. The molecule has 1 amide bonds. The number of carbonyl (C=O) groups excluding carboxylic acids is 1. The molecule has 0 aromatic heterocycles. The molecule has 18 heavy (non-hydrogen) atoms. The van der Waals surface area contributed by atoms with Gasteiger partial charge in [-0.3, -0.25) is 4.79 Å². The number of nitrogens with zero attached hydrogens (tertiary/aromatic N) is 1. The summed E-state index contributed by atoms with van der Waals surface area (Å²) in [5.41, 5.74) is 0. The van der Waals surface area contributed by atoms with Gasteiger partial charge in [-0.15, -0.1) is 0 Å². The maximum absolute atomic E-state index is 11.8. The van der Waals surface area contributed by atoms with Gasteiger partial charge in [-0.2, -0.15) is 0 Å². The molecular weight excluding hydrogens is 250 g/mol. The quantitative estimate of drug-likeness (QED) is 0.794. The van der Waals surface area contributed by atoms with E-state index in [1.807, 2.05) is 26.0 Å². The topological polar surface area (TPSA) is 29.5 Å². The second-order valence-corrected chi connectivity index (χ2v) is 4.81. The van der Waals surface area contributed by atoms with Crippen molar-refractivity contribution >= 4 is 17.5 Å². The van der Waals surface area contributed by atoms with Crippen LogP contribution >= 0.6 is 11.6 Å². The Morgan fingerprint density at radius 3 is 2.56 bits per heavy atom. The molecule has 0 saturated heterocycles. The largest absolute Gasteiger partial charge is 0.492 e. The number of amides is 1. The van der Waals surface area contributed by atoms with Gasteiger partial charge in [0.25, 0.3) is 0 Å². The summed E-state index contributed by atoms with van der Waals surface area (Å²) in [4.78, 5) is 13.5. The van der Waals surface area contributed by atoms with E-state index in [9.17, 15) is 4.79 Å². The molecule has 0 aliphatic rings. The molecule has 1 aromatic carbocycles. The van der Waals surface area contributed by atoms with Gasteiger partial charge in [0.2, 0.25) is 5.91 Å². The summed E-state index contributed by atoms with van der Waals surface area (Å²) in [6, 6.07) is 7.20. The normalized spacial score (nSPS) is 12.0. The van der Waals surface area contributed by atoms with Gasteiger partial charge in [0.05, 0.1) is 6.54 Å². The van der Waals surface area contributed by atoms with Crippen LogP contribution in [0, 0.1) is 5.92 Å². The third-order valence-corrected chi connectivity index (χ3v) is 3.17. The van der Waals surface area contributed by atoms with Crippen LogP contribution in [0.2, 0.25) is 5.02 Å². The summed E-state index contributed by atoms with van der Waals surface area (Å²) in [6.45, 7) is 5.03. The molecule has 0 N–H and O–H groups in total. The zero-order chi connectivity index (χ0) is 13.5. The predicted molar refractivity (Wildman–Crippen MR) is 74.0 cm³/mol. The van der Waals surface area contributed by atoms with Crippen molar-refractivity contribution in [3.63, 3.8) is 0 Å². The lowest BCUT2D eigenvalue weighted by Gasteiger charge is -2.20. The molecule has 3 nitrogen and oxygen atoms in total. The lowest BCUT2D eigenvalue weighted by atomic mass is 10.1. The number of carbonyl (C=O) groups is 1. The number of benzene rings is 1. The van der Waals surface area contributed by atoms with Crippen LogP contribution in [0.1, 0.15) is 20.3 Å². The van der Waals surface area contributed by atoms with E-state index in [4.69, 9.17) is 16.3 Å². The van der Waals surface area contributed by atoms with E-state index in [-0.39, 0.29) is 11.8 Å². The van der Waals surface area contributed by atoms with Gasteiger partial charge >= 0.3 is 0 Å². The molecule has 0 aliphatic heterocycles. The first-order valence-corrected chi connectivity index (χ1v) is 6.55. The number of likely N-dealkylation sites (N-methyl/N-ethyl adjacent to an activating group) is 1. The molecule has 0 bridgehead atoms. The van der Waals surface area contributed by atoms with Crippen LogP contribution in [-0.2, 0) is 4.79 Å². The van der Waals surface area contributed by atoms with Gasteiger partial charge in [-0.05, 0) is 30.7 Å². The minimum Gasteiger partial charge on any atom is -0.492 e. The van der Waals surface area contributed by atoms with Crippen molar-refractivity contribution in [1.82, 2.24) is 4.90 Å². The smallest absolute Gasteiger partial charge is 0.225 e. The first kappa shape index (κ1) is 14.8. The molecule has 1 atom stereocenters. The maximum Gasteiger partial charge on any atom is 0.225 e. The molecule has 100 valence electrons. The van der Waals surface area contributed by atoms with Gasteiger partial charge in [-0.1, -0.05) is 25.4 Å². The van der Waals surface area contributed by atoms with Crippen LogP contribution in [0.3, 0.4) is 0 Å². The van der Waals surface area contributed by atoms with Crippen LogP contribution in [-0.4, -0.2) is 31.0 Å². The Kier molecular flexibility index (Phi) is 5.99. The van der Waals surface area contributed by atoms with Gasteiger partial charge in [0.15, 0.2) is 0 Å². The fraction of sp³-hybridized carbons (Fsp3) is 0.500. The Bertz CT molecular complexity index is 378. The summed E-state index contributed by atoms with van der Waals surface area (Å²) in [7, 11) is 1.81. The molecule has 0 heterocycles. The number of halogens is 1. The molecule has 4 heteroatoms. The van der Waals surface area contributed by atoms with E-state index in [2.05, 4.69) is 0 Å². The maximum atomic E-state index is 11.8. The lowest BCUT2D eigenvalue weighted by Crippen LogP contribution is -2.34. The van der Waals surface area contributed by atoms with Crippen LogP contribution in [0.25, 0.3) is 0 Å². The van der Waals surface area contributed by atoms with Crippen molar-refractivity contribution in [1.29, 1.82) is 0 Å². The van der Waals surface area contributed by atoms with Crippen molar-refractivity contribution < 1.29 is 9.53 Å². The third kappa shape index (κ3) is 4.57. The molecular formula is C14H20ClNO2. The van der Waals surface area contributed by atoms with E-state index >= 15 is 0 Å². The fourth-order valence-corrected chi connectivity index (χ4v) is 1.62. The number of hydrogen-bond acceptors (Lipinski definition) is 2. The van der Waals surface area contributed by atoms with Crippen LogP contribution < -0.4 is 4.74 Å². The first-order chi connectivity index (χ1) is 8.54. The predicted octanol–water partition coefficient (Wildman–Crippen LogP) is 3.22. The molecule has 0 aliphatic carbocycles. The zero-order valence-electron chi connectivity index (χ0n) is 11.1. The minimum atomic E-state index is 0.0746. The van der Waals surface area contributed by atoms with Crippen molar-refractivity contribution in [3.05, 3.63) is 29.3 Å². The second kappa shape index (κ2) is 7.27. The van der Waals surface area contributed by atoms with Crippen molar-refractivity contribution in [2.24, 2.45) is 5.92 Å². The van der Waals surface area contributed by atoms with Crippen molar-refractivity contribution in [2.75, 3.05) is 20.2 Å². The highest BCUT2D eigenvalue weighted by molar-refractivity contribution is 6.30. The highest BCUT2D eigenvalue weighted by Crippen LogP contribution is 2.15. The molecule has 1 unspecified atom stereocenters. The van der Waals surface area contributed by atoms with E-state index in [1.165, 1.54) is 0 Å². The molecule has 1 aromatic rings. The number of rotatable bonds is 6. The Labute approximate surface area is 114 Å². The lowest BCUT2D eigenvalue weighted by molar-refractivity contribution is -0.134. The van der Waals surface area contributed by atoms with E-state index in [0.717, 1.165) is 12.2 Å². The van der Waals surface area contributed by atoms with Gasteiger partial charge < -0.3 is 9.64 Å². The van der Waals surface area contributed by atoms with E-state index < -0.39 is 0 Å². The van der Waals surface area contributed by atoms with Gasteiger partial charge in [0.1, 0.15) is 12.4 Å². The van der Waals surface area contributed by atoms with Crippen LogP contribution in [0.15, 0.2) is 24.3 Å². The van der Waals surface area contributed by atoms with Crippen LogP contribution in [0.4, 0.5) is 0 Å². The number of hydrogen-bond donors (Lipinski definition) is 0. The average Bonchev–Trinajstić information content (AvgIpc) is 2.39. The summed E-state index contributed by atoms with van der Waals surface area (Å²) in [6.07, 6.45) is 0.862. The standard InChI is InChI=1S/C14H20ClNO2/c1-4-11(2)14(17)16(3)9-10-18-13-7-5-12(15)6-8-13/h5-8,11H,4,9-10H2,1-3H3. The highest BCUT2D eigenvalue weighted by atomic mass is 35.5. The van der Waals surface area contributed by atoms with Crippen LogP contribution in [0.5, 0.6) is 5.75 Å². The Balaban J connectivity index is 2.33. The van der Waals surface area contributed by atoms with E-state index in [0.29, 0.717) is 18.2 Å². The summed E-state index contributed by atoms with van der Waals surface area (Å²) < 4.78 is 5.54. The fourth-order valence-electron chi connectivity index (χ4n) is 1.49. The Hall–Kier alpha value is -1.22. The second-order valence-electron chi connectivity index (χ2n) is 4.37. The minimum absolute atomic E-state index is 0.0746. The van der Waals surface area contributed by atoms with Gasteiger partial charge in [0, 0.05) is 18.0 Å². The Morgan fingerprint density at radius 2 is 2.00 bits per heavy atom. The van der Waals surface area contributed by atoms with Gasteiger partial charge in [-0.25, -0.2) is 0 Å². The molecule has 0 spiro atoms. The summed E-state index contributed by atoms with van der Waals surface area (Å²) in [5, 5.41) is 0.686. The van der Waals surface area contributed by atoms with Crippen molar-refractivity contribution in [2.45, 2.75) is 20.3 Å². The average molecular weight is 270 g/mol. The zero-order valence-corrected chi connectivity index (χ0v) is 11.9. The summed E-state index contributed by atoms with van der Waals surface area (Å²) in [5.74, 6) is 1.01.